The van der Waals surface area contributed by atoms with Gasteiger partial charge in [-0.25, -0.2) is 0 Å². The van der Waals surface area contributed by atoms with Gasteiger partial charge in [-0.2, -0.15) is 5.26 Å². The van der Waals surface area contributed by atoms with Crippen molar-refractivity contribution in [3.63, 3.8) is 0 Å². The first-order valence-corrected chi connectivity index (χ1v) is 6.86. The lowest BCUT2D eigenvalue weighted by Crippen LogP contribution is -2.51. The molecule has 3 rings (SSSR count). The fourth-order valence-corrected chi connectivity index (χ4v) is 2.97. The van der Waals surface area contributed by atoms with E-state index < -0.39 is 0 Å². The predicted molar refractivity (Wildman–Crippen MR) is 72.6 cm³/mol. The van der Waals surface area contributed by atoms with Crippen molar-refractivity contribution >= 4 is 0 Å². The highest BCUT2D eigenvalue weighted by atomic mass is 16.5. The summed E-state index contributed by atoms with van der Waals surface area (Å²) in [5.74, 6) is 0. The summed E-state index contributed by atoms with van der Waals surface area (Å²) in [6.45, 7) is 5.79. The summed E-state index contributed by atoms with van der Waals surface area (Å²) >= 11 is 0. The van der Waals surface area contributed by atoms with E-state index in [4.69, 9.17) is 10.00 Å². The van der Waals surface area contributed by atoms with Gasteiger partial charge in [0.05, 0.1) is 23.8 Å². The van der Waals surface area contributed by atoms with E-state index in [1.807, 2.05) is 24.3 Å². The molecule has 0 radical (unpaired) electrons. The lowest BCUT2D eigenvalue weighted by atomic mass is 10.0. The Bertz CT molecular complexity index is 471. The van der Waals surface area contributed by atoms with Gasteiger partial charge in [-0.05, 0) is 24.1 Å². The van der Waals surface area contributed by atoms with E-state index in [1.165, 1.54) is 5.56 Å². The van der Waals surface area contributed by atoms with Crippen LogP contribution in [0, 0.1) is 11.3 Å². The monoisotopic (exact) mass is 257 g/mol. The second kappa shape index (κ2) is 5.30. The van der Waals surface area contributed by atoms with E-state index in [0.29, 0.717) is 0 Å². The van der Waals surface area contributed by atoms with Crippen LogP contribution in [-0.4, -0.2) is 43.3 Å². The van der Waals surface area contributed by atoms with Crippen LogP contribution in [0.25, 0.3) is 0 Å². The molecule has 1 aromatic carbocycles. The average molecular weight is 257 g/mol. The molecule has 1 spiro atoms. The normalized spacial score (nSPS) is 27.5. The molecule has 1 unspecified atom stereocenters. The molecule has 0 saturated carbocycles. The van der Waals surface area contributed by atoms with Crippen molar-refractivity contribution in [2.75, 3.05) is 32.8 Å². The number of likely N-dealkylation sites (tertiary alicyclic amines) is 1. The molecule has 0 aromatic heterocycles. The number of nitrogens with one attached hydrogen (secondary N) is 1. The van der Waals surface area contributed by atoms with Crippen molar-refractivity contribution in [3.8, 4) is 6.07 Å². The minimum Gasteiger partial charge on any atom is -0.371 e. The topological polar surface area (TPSA) is 48.3 Å². The Morgan fingerprint density at radius 2 is 2.21 bits per heavy atom. The van der Waals surface area contributed by atoms with Crippen LogP contribution in [0.15, 0.2) is 24.3 Å². The third-order valence-electron chi connectivity index (χ3n) is 4.02. The highest BCUT2D eigenvalue weighted by Gasteiger charge is 2.40. The first kappa shape index (κ1) is 12.6. The first-order valence-electron chi connectivity index (χ1n) is 6.86. The average Bonchev–Trinajstić information content (AvgIpc) is 2.83. The summed E-state index contributed by atoms with van der Waals surface area (Å²) in [5, 5.41) is 12.2. The van der Waals surface area contributed by atoms with Gasteiger partial charge >= 0.3 is 0 Å². The van der Waals surface area contributed by atoms with Crippen LogP contribution in [0.4, 0.5) is 0 Å². The number of hydrogen-bond acceptors (Lipinski definition) is 4. The summed E-state index contributed by atoms with van der Waals surface area (Å²) in [7, 11) is 0. The van der Waals surface area contributed by atoms with Gasteiger partial charge in [-0.3, -0.25) is 4.90 Å². The van der Waals surface area contributed by atoms with Gasteiger partial charge in [0.1, 0.15) is 0 Å². The van der Waals surface area contributed by atoms with Crippen LogP contribution in [0.1, 0.15) is 17.5 Å². The molecule has 19 heavy (non-hydrogen) atoms. The van der Waals surface area contributed by atoms with Crippen molar-refractivity contribution in [3.05, 3.63) is 35.4 Å². The molecular formula is C15H19N3O. The number of nitrogens with zero attached hydrogens (tertiary/aromatic N) is 2. The smallest absolute Gasteiger partial charge is 0.0991 e. The number of morpholine rings is 1. The van der Waals surface area contributed by atoms with Gasteiger partial charge in [-0.15, -0.1) is 0 Å². The maximum atomic E-state index is 8.79. The molecule has 2 fully saturated rings. The molecule has 0 amide bonds. The van der Waals surface area contributed by atoms with E-state index in [-0.39, 0.29) is 5.60 Å². The highest BCUT2D eigenvalue weighted by molar-refractivity contribution is 5.31. The lowest BCUT2D eigenvalue weighted by Gasteiger charge is -2.34. The molecule has 0 aliphatic carbocycles. The van der Waals surface area contributed by atoms with Crippen LogP contribution < -0.4 is 5.32 Å². The van der Waals surface area contributed by atoms with E-state index >= 15 is 0 Å². The van der Waals surface area contributed by atoms with Crippen molar-refractivity contribution in [1.82, 2.24) is 10.2 Å². The molecule has 0 bridgehead atoms. The Balaban J connectivity index is 1.60. The predicted octanol–water partition coefficient (Wildman–Crippen LogP) is 1.12. The molecule has 2 saturated heterocycles. The van der Waals surface area contributed by atoms with Gasteiger partial charge in [0.2, 0.25) is 0 Å². The fraction of sp³-hybridized carbons (Fsp3) is 0.533. The minimum atomic E-state index is 0.0326. The molecule has 1 aromatic rings. The summed E-state index contributed by atoms with van der Waals surface area (Å²) in [6, 6.07) is 10.0. The lowest BCUT2D eigenvalue weighted by molar-refractivity contribution is -0.0575. The third kappa shape index (κ3) is 2.79. The van der Waals surface area contributed by atoms with Crippen LogP contribution in [0.5, 0.6) is 0 Å². The Kier molecular flexibility index (Phi) is 3.52. The second-order valence-corrected chi connectivity index (χ2v) is 5.48. The second-order valence-electron chi connectivity index (χ2n) is 5.48. The van der Waals surface area contributed by atoms with Crippen LogP contribution >= 0.6 is 0 Å². The molecule has 4 nitrogen and oxygen atoms in total. The van der Waals surface area contributed by atoms with Crippen LogP contribution in [0.3, 0.4) is 0 Å². The quantitative estimate of drug-likeness (QED) is 0.862. The largest absolute Gasteiger partial charge is 0.371 e. The molecule has 1 atom stereocenters. The van der Waals surface area contributed by atoms with Crippen molar-refractivity contribution < 1.29 is 4.74 Å². The van der Waals surface area contributed by atoms with E-state index in [2.05, 4.69) is 16.3 Å². The first-order chi connectivity index (χ1) is 9.30. The standard InChI is InChI=1S/C15H19N3O/c16-9-13-1-3-14(4-2-13)10-18-7-5-15(12-18)11-17-6-8-19-15/h1-4,17H,5-8,10-12H2. The number of nitriles is 1. The Morgan fingerprint density at radius 3 is 2.89 bits per heavy atom. The maximum Gasteiger partial charge on any atom is 0.0991 e. The minimum absolute atomic E-state index is 0.0326. The SMILES string of the molecule is N#Cc1ccc(CN2CCC3(CNCCO3)C2)cc1. The molecule has 2 heterocycles. The zero-order valence-corrected chi connectivity index (χ0v) is 11.1. The zero-order valence-electron chi connectivity index (χ0n) is 11.1. The Labute approximate surface area is 114 Å². The van der Waals surface area contributed by atoms with E-state index in [9.17, 15) is 0 Å². The van der Waals surface area contributed by atoms with Gasteiger partial charge in [0.15, 0.2) is 0 Å². The summed E-state index contributed by atoms with van der Waals surface area (Å²) < 4.78 is 5.98. The van der Waals surface area contributed by atoms with Gasteiger partial charge in [0, 0.05) is 32.7 Å². The van der Waals surface area contributed by atoms with Crippen LogP contribution in [0.2, 0.25) is 0 Å². The Morgan fingerprint density at radius 1 is 1.37 bits per heavy atom. The van der Waals surface area contributed by atoms with E-state index in [0.717, 1.165) is 51.3 Å². The number of rotatable bonds is 2. The maximum absolute atomic E-state index is 8.79. The molecular weight excluding hydrogens is 238 g/mol. The number of hydrogen-bond donors (Lipinski definition) is 1. The highest BCUT2D eigenvalue weighted by Crippen LogP contribution is 2.27. The third-order valence-corrected chi connectivity index (χ3v) is 4.02. The summed E-state index contributed by atoms with van der Waals surface area (Å²) in [4.78, 5) is 2.44. The van der Waals surface area contributed by atoms with Gasteiger partial charge < -0.3 is 10.1 Å². The summed E-state index contributed by atoms with van der Waals surface area (Å²) in [6.07, 6.45) is 1.11. The van der Waals surface area contributed by atoms with Crippen molar-refractivity contribution in [2.45, 2.75) is 18.6 Å². The fourth-order valence-electron chi connectivity index (χ4n) is 2.97. The molecule has 100 valence electrons. The van der Waals surface area contributed by atoms with Gasteiger partial charge in [0.25, 0.3) is 0 Å². The Hall–Kier alpha value is -1.41. The zero-order chi connectivity index (χ0) is 13.1. The van der Waals surface area contributed by atoms with Crippen LogP contribution in [-0.2, 0) is 11.3 Å². The molecule has 2 aliphatic heterocycles. The summed E-state index contributed by atoms with van der Waals surface area (Å²) in [5.41, 5.74) is 2.02. The molecule has 4 heteroatoms. The number of ether oxygens (including phenoxy) is 1. The van der Waals surface area contributed by atoms with Crippen molar-refractivity contribution in [1.29, 1.82) is 5.26 Å². The molecule has 1 N–H and O–H groups in total. The number of benzene rings is 1. The van der Waals surface area contributed by atoms with Gasteiger partial charge in [-0.1, -0.05) is 12.1 Å². The van der Waals surface area contributed by atoms with E-state index in [1.54, 1.807) is 0 Å². The molecule has 2 aliphatic rings. The van der Waals surface area contributed by atoms with Crippen molar-refractivity contribution in [2.24, 2.45) is 0 Å².